The Hall–Kier alpha value is -1.06. The summed E-state index contributed by atoms with van der Waals surface area (Å²) in [7, 11) is -2.52. The zero-order valence-corrected chi connectivity index (χ0v) is 13.3. The molecule has 0 spiro atoms. The SMILES string of the molecule is CN(Cc1cscn1)S(=O)(=O)c1cc(F)c(Cl)c(CO)c1. The fourth-order valence-corrected chi connectivity index (χ4v) is 3.62. The maximum absolute atomic E-state index is 13.7. The first-order valence-electron chi connectivity index (χ1n) is 5.78. The monoisotopic (exact) mass is 350 g/mol. The molecule has 0 radical (unpaired) electrons. The van der Waals surface area contributed by atoms with Gasteiger partial charge < -0.3 is 5.11 Å². The lowest BCUT2D eigenvalue weighted by Crippen LogP contribution is -2.27. The molecule has 0 saturated carbocycles. The second-order valence-electron chi connectivity index (χ2n) is 4.28. The normalized spacial score (nSPS) is 12.0. The van der Waals surface area contributed by atoms with E-state index >= 15 is 0 Å². The van der Waals surface area contributed by atoms with Crippen LogP contribution in [0.4, 0.5) is 4.39 Å². The number of nitrogens with zero attached hydrogens (tertiary/aromatic N) is 2. The summed E-state index contributed by atoms with van der Waals surface area (Å²) in [5.74, 6) is -0.885. The standard InChI is InChI=1S/C12H12ClFN2O3S2/c1-16(4-9-6-20-7-15-9)21(18,19)10-2-8(5-17)12(13)11(14)3-10/h2-3,6-7,17H,4-5H2,1H3. The average Bonchev–Trinajstić information content (AvgIpc) is 2.94. The molecule has 0 saturated heterocycles. The molecule has 9 heteroatoms. The Morgan fingerprint density at radius 1 is 1.48 bits per heavy atom. The molecule has 1 aromatic carbocycles. The minimum atomic E-state index is -3.90. The molecule has 0 aliphatic carbocycles. The topological polar surface area (TPSA) is 70.5 Å². The van der Waals surface area contributed by atoms with Gasteiger partial charge in [-0.2, -0.15) is 4.31 Å². The lowest BCUT2D eigenvalue weighted by molar-refractivity contribution is 0.281. The first kappa shape index (κ1) is 16.3. The molecule has 1 heterocycles. The van der Waals surface area contributed by atoms with E-state index in [2.05, 4.69) is 4.98 Å². The van der Waals surface area contributed by atoms with Crippen molar-refractivity contribution in [1.82, 2.24) is 9.29 Å². The molecular weight excluding hydrogens is 339 g/mol. The maximum atomic E-state index is 13.7. The van der Waals surface area contributed by atoms with Crippen molar-refractivity contribution in [3.63, 3.8) is 0 Å². The highest BCUT2D eigenvalue weighted by Crippen LogP contribution is 2.26. The molecule has 0 unspecified atom stereocenters. The van der Waals surface area contributed by atoms with Crippen LogP contribution in [0.15, 0.2) is 27.9 Å². The fourth-order valence-electron chi connectivity index (χ4n) is 1.69. The van der Waals surface area contributed by atoms with Crippen molar-refractivity contribution >= 4 is 33.0 Å². The number of rotatable bonds is 5. The first-order chi connectivity index (χ1) is 9.86. The number of thiazole rings is 1. The van der Waals surface area contributed by atoms with Gasteiger partial charge in [-0.15, -0.1) is 11.3 Å². The zero-order chi connectivity index (χ0) is 15.6. The van der Waals surface area contributed by atoms with Gasteiger partial charge in [0.1, 0.15) is 5.82 Å². The quantitative estimate of drug-likeness (QED) is 0.897. The molecule has 0 aliphatic rings. The summed E-state index contributed by atoms with van der Waals surface area (Å²) in [6.07, 6.45) is 0. The summed E-state index contributed by atoms with van der Waals surface area (Å²) in [5.41, 5.74) is 2.22. The Balaban J connectivity index is 2.37. The lowest BCUT2D eigenvalue weighted by Gasteiger charge is -2.17. The van der Waals surface area contributed by atoms with Gasteiger partial charge >= 0.3 is 0 Å². The van der Waals surface area contributed by atoms with Gasteiger partial charge in [-0.05, 0) is 12.1 Å². The number of hydrogen-bond acceptors (Lipinski definition) is 5. The van der Waals surface area contributed by atoms with Gasteiger partial charge in [-0.1, -0.05) is 11.6 Å². The minimum absolute atomic E-state index is 0.0253. The van der Waals surface area contributed by atoms with E-state index in [1.807, 2.05) is 0 Å². The first-order valence-corrected chi connectivity index (χ1v) is 8.54. The van der Waals surface area contributed by atoms with Crippen LogP contribution in [-0.4, -0.2) is 29.9 Å². The van der Waals surface area contributed by atoms with E-state index < -0.39 is 22.4 Å². The van der Waals surface area contributed by atoms with E-state index in [4.69, 9.17) is 16.7 Å². The molecule has 2 rings (SSSR count). The van der Waals surface area contributed by atoms with Gasteiger partial charge in [-0.25, -0.2) is 17.8 Å². The molecule has 1 aromatic heterocycles. The van der Waals surface area contributed by atoms with Gasteiger partial charge in [0.25, 0.3) is 0 Å². The summed E-state index contributed by atoms with van der Waals surface area (Å²) >= 11 is 7.01. The predicted molar refractivity (Wildman–Crippen MR) is 78.1 cm³/mol. The van der Waals surface area contributed by atoms with Gasteiger partial charge in [0.15, 0.2) is 0 Å². The van der Waals surface area contributed by atoms with Gasteiger partial charge in [-0.3, -0.25) is 0 Å². The van der Waals surface area contributed by atoms with Crippen molar-refractivity contribution in [2.24, 2.45) is 0 Å². The van der Waals surface area contributed by atoms with E-state index in [1.54, 1.807) is 10.9 Å². The van der Waals surface area contributed by atoms with E-state index in [9.17, 15) is 12.8 Å². The summed E-state index contributed by atoms with van der Waals surface area (Å²) in [5, 5.41) is 10.6. The van der Waals surface area contributed by atoms with Crippen molar-refractivity contribution < 1.29 is 17.9 Å². The smallest absolute Gasteiger partial charge is 0.243 e. The number of aliphatic hydroxyl groups excluding tert-OH is 1. The molecule has 0 aliphatic heterocycles. The predicted octanol–water partition coefficient (Wildman–Crippen LogP) is 2.25. The van der Waals surface area contributed by atoms with Crippen LogP contribution in [0.1, 0.15) is 11.3 Å². The molecule has 0 fully saturated rings. The van der Waals surface area contributed by atoms with Crippen molar-refractivity contribution in [3.05, 3.63) is 45.1 Å². The zero-order valence-electron chi connectivity index (χ0n) is 11.0. The third kappa shape index (κ3) is 3.41. The Bertz CT molecular complexity index is 735. The number of sulfonamides is 1. The Labute approximate surface area is 130 Å². The highest BCUT2D eigenvalue weighted by atomic mass is 35.5. The Morgan fingerprint density at radius 3 is 2.76 bits per heavy atom. The largest absolute Gasteiger partial charge is 0.392 e. The highest BCUT2D eigenvalue weighted by Gasteiger charge is 2.24. The van der Waals surface area contributed by atoms with Crippen molar-refractivity contribution in [2.75, 3.05) is 7.05 Å². The van der Waals surface area contributed by atoms with Crippen molar-refractivity contribution in [1.29, 1.82) is 0 Å². The number of halogens is 2. The lowest BCUT2D eigenvalue weighted by atomic mass is 10.2. The maximum Gasteiger partial charge on any atom is 0.243 e. The van der Waals surface area contributed by atoms with Crippen LogP contribution < -0.4 is 0 Å². The number of aromatic nitrogens is 1. The van der Waals surface area contributed by atoms with Crippen LogP contribution >= 0.6 is 22.9 Å². The van der Waals surface area contributed by atoms with Crippen LogP contribution in [0.3, 0.4) is 0 Å². The second kappa shape index (κ2) is 6.37. The Kier molecular flexibility index (Phi) is 4.95. The van der Waals surface area contributed by atoms with Crippen LogP contribution in [0.25, 0.3) is 0 Å². The second-order valence-corrected chi connectivity index (χ2v) is 7.42. The summed E-state index contributed by atoms with van der Waals surface area (Å²) < 4.78 is 39.5. The van der Waals surface area contributed by atoms with Crippen molar-refractivity contribution in [2.45, 2.75) is 18.0 Å². The van der Waals surface area contributed by atoms with Gasteiger partial charge in [0.2, 0.25) is 10.0 Å². The highest BCUT2D eigenvalue weighted by molar-refractivity contribution is 7.89. The van der Waals surface area contributed by atoms with Crippen LogP contribution in [-0.2, 0) is 23.2 Å². The van der Waals surface area contributed by atoms with Gasteiger partial charge in [0.05, 0.1) is 34.3 Å². The van der Waals surface area contributed by atoms with E-state index in [1.165, 1.54) is 18.4 Å². The van der Waals surface area contributed by atoms with Crippen LogP contribution in [0.2, 0.25) is 5.02 Å². The van der Waals surface area contributed by atoms with E-state index in [0.29, 0.717) is 5.69 Å². The van der Waals surface area contributed by atoms with E-state index in [0.717, 1.165) is 16.4 Å². The molecule has 5 nitrogen and oxygen atoms in total. The molecule has 0 atom stereocenters. The third-order valence-corrected chi connectivity index (χ3v) is 5.66. The molecule has 0 amide bonds. The van der Waals surface area contributed by atoms with Crippen LogP contribution in [0.5, 0.6) is 0 Å². The summed E-state index contributed by atoms with van der Waals surface area (Å²) in [6.45, 7) is -0.473. The molecular formula is C12H12ClFN2O3S2. The van der Waals surface area contributed by atoms with Gasteiger partial charge in [0, 0.05) is 18.0 Å². The molecule has 2 aromatic rings. The fraction of sp³-hybridized carbons (Fsp3) is 0.250. The van der Waals surface area contributed by atoms with Crippen LogP contribution in [0, 0.1) is 5.82 Å². The number of benzene rings is 1. The molecule has 1 N–H and O–H groups in total. The number of hydrogen-bond donors (Lipinski definition) is 1. The Morgan fingerprint density at radius 2 is 2.19 bits per heavy atom. The summed E-state index contributed by atoms with van der Waals surface area (Å²) in [6, 6.07) is 2.01. The van der Waals surface area contributed by atoms with Crippen molar-refractivity contribution in [3.8, 4) is 0 Å². The third-order valence-electron chi connectivity index (χ3n) is 2.82. The average molecular weight is 351 g/mol. The molecule has 114 valence electrons. The number of aliphatic hydroxyl groups is 1. The summed E-state index contributed by atoms with van der Waals surface area (Å²) in [4.78, 5) is 3.75. The van der Waals surface area contributed by atoms with E-state index in [-0.39, 0.29) is 22.0 Å². The molecule has 21 heavy (non-hydrogen) atoms. The molecule has 0 bridgehead atoms. The minimum Gasteiger partial charge on any atom is -0.392 e.